The van der Waals surface area contributed by atoms with Crippen molar-refractivity contribution < 1.29 is 18.7 Å². The van der Waals surface area contributed by atoms with Gasteiger partial charge in [-0.3, -0.25) is 25.2 Å². The predicted octanol–water partition coefficient (Wildman–Crippen LogP) is 1.95. The predicted molar refractivity (Wildman–Crippen MR) is 106 cm³/mol. The van der Waals surface area contributed by atoms with Gasteiger partial charge in [-0.25, -0.2) is 0 Å². The minimum atomic E-state index is -0.614. The molecule has 0 aliphatic heterocycles. The molecule has 0 unspecified atom stereocenters. The van der Waals surface area contributed by atoms with Crippen LogP contribution in [0.1, 0.15) is 27.4 Å². The highest BCUT2D eigenvalue weighted by Gasteiger charge is 2.13. The Hall–Kier alpha value is -3.81. The quantitative estimate of drug-likeness (QED) is 0.621. The number of furan rings is 1. The van der Waals surface area contributed by atoms with E-state index in [2.05, 4.69) is 10.9 Å². The van der Waals surface area contributed by atoms with Crippen LogP contribution in [0.5, 0.6) is 5.75 Å². The lowest BCUT2D eigenvalue weighted by Crippen LogP contribution is -2.43. The Kier molecular flexibility index (Phi) is 6.13. The number of nitrogens with zero attached hydrogens (tertiary/aromatic N) is 1. The number of nitrogens with one attached hydrogen (secondary N) is 2. The van der Waals surface area contributed by atoms with Crippen LogP contribution in [0.15, 0.2) is 63.9 Å². The number of hydrogen-bond donors (Lipinski definition) is 2. The molecule has 2 amide bonds. The number of rotatable bonds is 6. The van der Waals surface area contributed by atoms with E-state index in [0.29, 0.717) is 11.5 Å². The Labute approximate surface area is 167 Å². The van der Waals surface area contributed by atoms with Crippen LogP contribution in [-0.4, -0.2) is 23.0 Å². The smallest absolute Gasteiger partial charge is 0.305 e. The first kappa shape index (κ1) is 19.9. The van der Waals surface area contributed by atoms with Crippen LogP contribution in [0.4, 0.5) is 0 Å². The van der Waals surface area contributed by atoms with Gasteiger partial charge in [-0.2, -0.15) is 0 Å². The van der Waals surface area contributed by atoms with Crippen molar-refractivity contribution in [1.29, 1.82) is 0 Å². The molecule has 8 nitrogen and oxygen atoms in total. The maximum absolute atomic E-state index is 12.1. The first-order chi connectivity index (χ1) is 13.9. The molecule has 150 valence electrons. The lowest BCUT2D eigenvalue weighted by molar-refractivity contribution is -0.123. The lowest BCUT2D eigenvalue weighted by Gasteiger charge is -2.10. The van der Waals surface area contributed by atoms with Gasteiger partial charge in [0.05, 0.1) is 6.54 Å². The molecule has 3 rings (SSSR count). The lowest BCUT2D eigenvalue weighted by atomic mass is 10.1. The molecule has 1 aromatic carbocycles. The van der Waals surface area contributed by atoms with Gasteiger partial charge in [0.2, 0.25) is 0 Å². The summed E-state index contributed by atoms with van der Waals surface area (Å²) in [6.45, 7) is 3.76. The van der Waals surface area contributed by atoms with E-state index in [0.717, 1.165) is 11.1 Å². The summed E-state index contributed by atoms with van der Waals surface area (Å²) in [4.78, 5) is 35.8. The van der Waals surface area contributed by atoms with E-state index < -0.39 is 11.8 Å². The molecule has 0 radical (unpaired) electrons. The topological polar surface area (TPSA) is 103 Å². The molecule has 2 aromatic heterocycles. The minimum Gasteiger partial charge on any atom is -0.483 e. The molecule has 0 spiro atoms. The van der Waals surface area contributed by atoms with Crippen LogP contribution in [0, 0.1) is 13.8 Å². The summed E-state index contributed by atoms with van der Waals surface area (Å²) >= 11 is 0. The Morgan fingerprint density at radius 3 is 2.69 bits per heavy atom. The number of ether oxygens (including phenoxy) is 1. The van der Waals surface area contributed by atoms with Gasteiger partial charge in [-0.15, -0.1) is 0 Å². The summed E-state index contributed by atoms with van der Waals surface area (Å²) in [6.07, 6.45) is 1.63. The molecule has 0 aliphatic rings. The average Bonchev–Trinajstić information content (AvgIpc) is 3.17. The number of hydrogen-bond acceptors (Lipinski definition) is 5. The highest BCUT2D eigenvalue weighted by molar-refractivity contribution is 5.93. The van der Waals surface area contributed by atoms with Crippen molar-refractivity contribution in [2.45, 2.75) is 20.4 Å². The molecule has 0 saturated carbocycles. The minimum absolute atomic E-state index is 0.0136. The molecular weight excluding hydrogens is 374 g/mol. The fourth-order valence-corrected chi connectivity index (χ4v) is 2.57. The molecule has 2 N–H and O–H groups in total. The Morgan fingerprint density at radius 1 is 1.07 bits per heavy atom. The van der Waals surface area contributed by atoms with Crippen LogP contribution in [-0.2, 0) is 11.3 Å². The number of aryl methyl sites for hydroxylation is 2. The molecule has 0 atom stereocenters. The van der Waals surface area contributed by atoms with E-state index in [4.69, 9.17) is 9.15 Å². The molecule has 2 heterocycles. The molecule has 0 fully saturated rings. The van der Waals surface area contributed by atoms with E-state index >= 15 is 0 Å². The SMILES string of the molecule is Cc1ccc(C)c(OCC(=O)NNC(=O)c2ccc(Cn3ccccc3=O)o2)c1. The summed E-state index contributed by atoms with van der Waals surface area (Å²) in [5.74, 6) is -0.0651. The summed E-state index contributed by atoms with van der Waals surface area (Å²) in [5, 5.41) is 0. The van der Waals surface area contributed by atoms with Gasteiger partial charge < -0.3 is 13.7 Å². The van der Waals surface area contributed by atoms with Crippen LogP contribution in [0.2, 0.25) is 0 Å². The van der Waals surface area contributed by atoms with Gasteiger partial charge in [0, 0.05) is 12.3 Å². The van der Waals surface area contributed by atoms with Crippen LogP contribution >= 0.6 is 0 Å². The number of hydrazine groups is 1. The fourth-order valence-electron chi connectivity index (χ4n) is 2.57. The van der Waals surface area contributed by atoms with Gasteiger partial charge in [0.25, 0.3) is 11.5 Å². The van der Waals surface area contributed by atoms with Crippen molar-refractivity contribution >= 4 is 11.8 Å². The molecular formula is C21H21N3O5. The van der Waals surface area contributed by atoms with E-state index in [1.807, 2.05) is 32.0 Å². The Balaban J connectivity index is 1.50. The summed E-state index contributed by atoms with van der Waals surface area (Å²) in [6, 6.07) is 13.6. The third-order valence-corrected chi connectivity index (χ3v) is 4.13. The van der Waals surface area contributed by atoms with Crippen LogP contribution in [0.25, 0.3) is 0 Å². The second-order valence-electron chi connectivity index (χ2n) is 6.49. The normalized spacial score (nSPS) is 10.4. The molecule has 8 heteroatoms. The molecule has 0 saturated heterocycles. The molecule has 3 aromatic rings. The van der Waals surface area contributed by atoms with Gasteiger partial charge in [-0.1, -0.05) is 18.2 Å². The second kappa shape index (κ2) is 8.92. The maximum Gasteiger partial charge on any atom is 0.305 e. The number of carbonyl (C=O) groups excluding carboxylic acids is 2. The highest BCUT2D eigenvalue weighted by atomic mass is 16.5. The van der Waals surface area contributed by atoms with Crippen molar-refractivity contribution in [2.75, 3.05) is 6.61 Å². The molecule has 0 aliphatic carbocycles. The average molecular weight is 395 g/mol. The van der Waals surface area contributed by atoms with Crippen LogP contribution in [0.3, 0.4) is 0 Å². The number of benzene rings is 1. The van der Waals surface area contributed by atoms with E-state index in [1.165, 1.54) is 16.7 Å². The maximum atomic E-state index is 12.1. The monoisotopic (exact) mass is 395 g/mol. The van der Waals surface area contributed by atoms with Gasteiger partial charge in [0.15, 0.2) is 12.4 Å². The number of carbonyl (C=O) groups is 2. The van der Waals surface area contributed by atoms with Crippen molar-refractivity contribution in [1.82, 2.24) is 15.4 Å². The number of amides is 2. The third-order valence-electron chi connectivity index (χ3n) is 4.13. The second-order valence-corrected chi connectivity index (χ2v) is 6.49. The van der Waals surface area contributed by atoms with E-state index in [1.54, 1.807) is 24.4 Å². The van der Waals surface area contributed by atoms with Gasteiger partial charge in [-0.05, 0) is 49.2 Å². The Morgan fingerprint density at radius 2 is 1.90 bits per heavy atom. The van der Waals surface area contributed by atoms with E-state index in [9.17, 15) is 14.4 Å². The first-order valence-corrected chi connectivity index (χ1v) is 8.96. The summed E-state index contributed by atoms with van der Waals surface area (Å²) in [5.41, 5.74) is 6.30. The van der Waals surface area contributed by atoms with Crippen molar-refractivity contribution in [3.05, 3.63) is 87.7 Å². The summed E-state index contributed by atoms with van der Waals surface area (Å²) < 4.78 is 12.4. The fraction of sp³-hybridized carbons (Fsp3) is 0.190. The molecule has 29 heavy (non-hydrogen) atoms. The highest BCUT2D eigenvalue weighted by Crippen LogP contribution is 2.18. The zero-order chi connectivity index (χ0) is 20.8. The third kappa shape index (κ3) is 5.35. The number of aromatic nitrogens is 1. The first-order valence-electron chi connectivity index (χ1n) is 8.96. The Bertz CT molecular complexity index is 1080. The van der Waals surface area contributed by atoms with Crippen LogP contribution < -0.4 is 21.1 Å². The zero-order valence-electron chi connectivity index (χ0n) is 16.1. The van der Waals surface area contributed by atoms with Crippen molar-refractivity contribution in [3.8, 4) is 5.75 Å². The summed E-state index contributed by atoms with van der Waals surface area (Å²) in [7, 11) is 0. The molecule has 0 bridgehead atoms. The van der Waals surface area contributed by atoms with Gasteiger partial charge in [0.1, 0.15) is 11.5 Å². The van der Waals surface area contributed by atoms with Crippen molar-refractivity contribution in [3.63, 3.8) is 0 Å². The van der Waals surface area contributed by atoms with Crippen molar-refractivity contribution in [2.24, 2.45) is 0 Å². The standard InChI is InChI=1S/C21H21N3O5/c1-14-6-7-15(2)18(11-14)28-13-19(25)22-23-21(27)17-9-8-16(29-17)12-24-10-4-3-5-20(24)26/h3-11H,12-13H2,1-2H3,(H,22,25)(H,23,27). The van der Waals surface area contributed by atoms with Gasteiger partial charge >= 0.3 is 5.91 Å². The zero-order valence-corrected chi connectivity index (χ0v) is 16.1. The van der Waals surface area contributed by atoms with E-state index in [-0.39, 0.29) is 24.5 Å². The largest absolute Gasteiger partial charge is 0.483 e. The number of pyridine rings is 1.